The summed E-state index contributed by atoms with van der Waals surface area (Å²) in [5.74, 6) is -0.0409. The summed E-state index contributed by atoms with van der Waals surface area (Å²) in [6.07, 6.45) is 6.91. The first kappa shape index (κ1) is 18.1. The molecule has 1 saturated heterocycles. The van der Waals surface area contributed by atoms with E-state index in [0.717, 1.165) is 43.4 Å². The lowest BCUT2D eigenvalue weighted by Crippen LogP contribution is -2.50. The van der Waals surface area contributed by atoms with Crippen molar-refractivity contribution < 1.29 is 14.3 Å². The number of ether oxygens (including phenoxy) is 2. The van der Waals surface area contributed by atoms with E-state index in [1.807, 2.05) is 27.0 Å². The molecule has 0 saturated carbocycles. The number of amides is 1. The van der Waals surface area contributed by atoms with Gasteiger partial charge in [0.25, 0.3) is 5.91 Å². The number of allylic oxidation sites excluding steroid dienone is 1. The number of fused-ring (bicyclic) bond motifs is 1. The number of nitrogens with one attached hydrogen (secondary N) is 1. The average molecular weight is 347 g/mol. The van der Waals surface area contributed by atoms with Gasteiger partial charge in [-0.15, -0.1) is 0 Å². The van der Waals surface area contributed by atoms with Gasteiger partial charge in [-0.3, -0.25) is 9.48 Å². The molecule has 6 nitrogen and oxygen atoms in total. The number of nitrogens with zero attached hydrogens (tertiary/aromatic N) is 2. The molecule has 1 fully saturated rings. The van der Waals surface area contributed by atoms with Gasteiger partial charge in [-0.1, -0.05) is 11.6 Å². The smallest absolute Gasteiger partial charge is 0.270 e. The van der Waals surface area contributed by atoms with Crippen LogP contribution in [0.15, 0.2) is 11.6 Å². The number of hydrogen-bond donors (Lipinski definition) is 1. The Hall–Kier alpha value is -1.66. The zero-order valence-corrected chi connectivity index (χ0v) is 15.5. The molecule has 0 bridgehead atoms. The minimum absolute atomic E-state index is 0.0269. The molecule has 25 heavy (non-hydrogen) atoms. The molecule has 0 unspecified atom stereocenters. The lowest BCUT2D eigenvalue weighted by molar-refractivity contribution is -0.0589. The van der Waals surface area contributed by atoms with Gasteiger partial charge in [0.05, 0.1) is 24.9 Å². The molecule has 6 heteroatoms. The average Bonchev–Trinajstić information content (AvgIpc) is 2.92. The van der Waals surface area contributed by atoms with Gasteiger partial charge in [0.15, 0.2) is 0 Å². The summed E-state index contributed by atoms with van der Waals surface area (Å²) in [4.78, 5) is 12.9. The number of rotatable bonds is 5. The molecule has 0 radical (unpaired) electrons. The third-order valence-corrected chi connectivity index (χ3v) is 4.96. The Bertz CT molecular complexity index is 647. The molecule has 2 heterocycles. The van der Waals surface area contributed by atoms with Crippen LogP contribution in [0.5, 0.6) is 0 Å². The molecule has 1 N–H and O–H groups in total. The van der Waals surface area contributed by atoms with Crippen LogP contribution in [0.4, 0.5) is 0 Å². The lowest BCUT2D eigenvalue weighted by atomic mass is 9.95. The Kier molecular flexibility index (Phi) is 5.91. The van der Waals surface area contributed by atoms with E-state index in [-0.39, 0.29) is 18.1 Å². The third kappa shape index (κ3) is 4.30. The molecule has 3 rings (SSSR count). The summed E-state index contributed by atoms with van der Waals surface area (Å²) in [5, 5.41) is 7.72. The Labute approximate surface area is 149 Å². The van der Waals surface area contributed by atoms with Gasteiger partial charge >= 0.3 is 0 Å². The fraction of sp³-hybridized carbons (Fsp3) is 0.684. The van der Waals surface area contributed by atoms with Crippen molar-refractivity contribution in [3.05, 3.63) is 28.6 Å². The lowest BCUT2D eigenvalue weighted by Gasteiger charge is -2.32. The summed E-state index contributed by atoms with van der Waals surface area (Å²) in [5.41, 5.74) is 4.14. The molecule has 1 aromatic rings. The predicted molar refractivity (Wildman–Crippen MR) is 95.7 cm³/mol. The summed E-state index contributed by atoms with van der Waals surface area (Å²) >= 11 is 0. The van der Waals surface area contributed by atoms with Gasteiger partial charge in [0, 0.05) is 19.2 Å². The van der Waals surface area contributed by atoms with Gasteiger partial charge < -0.3 is 14.8 Å². The largest absolute Gasteiger partial charge is 0.379 e. The number of aryl methyl sites for hydroxylation is 2. The van der Waals surface area contributed by atoms with Crippen LogP contribution in [0.1, 0.15) is 54.9 Å². The third-order valence-electron chi connectivity index (χ3n) is 4.96. The summed E-state index contributed by atoms with van der Waals surface area (Å²) in [6, 6.07) is -0.0269. The highest BCUT2D eigenvalue weighted by Crippen LogP contribution is 2.24. The molecule has 1 aliphatic carbocycles. The SMILES string of the molecule is CC(C)=CCO[C@@H]1COCC[C@H]1NC(=O)c1c2c(nn1C)CCCC2. The first-order valence-corrected chi connectivity index (χ1v) is 9.24. The van der Waals surface area contributed by atoms with Crippen LogP contribution in [-0.4, -0.2) is 47.7 Å². The first-order valence-electron chi connectivity index (χ1n) is 9.24. The molecular formula is C19H29N3O3. The van der Waals surface area contributed by atoms with Crippen molar-refractivity contribution in [2.45, 2.75) is 58.1 Å². The minimum atomic E-state index is -0.114. The Balaban J connectivity index is 1.68. The van der Waals surface area contributed by atoms with E-state index in [9.17, 15) is 4.79 Å². The number of aromatic nitrogens is 2. The highest BCUT2D eigenvalue weighted by molar-refractivity contribution is 5.94. The summed E-state index contributed by atoms with van der Waals surface area (Å²) < 4.78 is 13.2. The second-order valence-electron chi connectivity index (χ2n) is 7.20. The van der Waals surface area contributed by atoms with E-state index in [1.54, 1.807) is 4.68 Å². The van der Waals surface area contributed by atoms with Crippen molar-refractivity contribution >= 4 is 5.91 Å². The fourth-order valence-electron chi connectivity index (χ4n) is 3.58. The van der Waals surface area contributed by atoms with Crippen molar-refractivity contribution in [2.75, 3.05) is 19.8 Å². The maximum atomic E-state index is 12.9. The van der Waals surface area contributed by atoms with Gasteiger partial charge in [-0.2, -0.15) is 5.10 Å². The Morgan fingerprint density at radius 2 is 2.20 bits per heavy atom. The number of carbonyl (C=O) groups excluding carboxylic acids is 1. The van der Waals surface area contributed by atoms with Crippen molar-refractivity contribution in [1.82, 2.24) is 15.1 Å². The molecule has 0 spiro atoms. The summed E-state index contributed by atoms with van der Waals surface area (Å²) in [7, 11) is 1.86. The van der Waals surface area contributed by atoms with E-state index < -0.39 is 0 Å². The van der Waals surface area contributed by atoms with E-state index in [1.165, 1.54) is 5.57 Å². The van der Waals surface area contributed by atoms with E-state index >= 15 is 0 Å². The normalized spacial score (nSPS) is 23.0. The first-order chi connectivity index (χ1) is 12.1. The Morgan fingerprint density at radius 1 is 1.40 bits per heavy atom. The number of carbonyl (C=O) groups is 1. The van der Waals surface area contributed by atoms with Crippen LogP contribution in [0.2, 0.25) is 0 Å². The maximum absolute atomic E-state index is 12.9. The van der Waals surface area contributed by atoms with Crippen molar-refractivity contribution in [3.63, 3.8) is 0 Å². The van der Waals surface area contributed by atoms with Crippen molar-refractivity contribution in [3.8, 4) is 0 Å². The molecule has 138 valence electrons. The minimum Gasteiger partial charge on any atom is -0.379 e. The quantitative estimate of drug-likeness (QED) is 0.829. The monoisotopic (exact) mass is 347 g/mol. The van der Waals surface area contributed by atoms with Crippen molar-refractivity contribution in [1.29, 1.82) is 0 Å². The van der Waals surface area contributed by atoms with Crippen LogP contribution in [0.25, 0.3) is 0 Å². The van der Waals surface area contributed by atoms with Crippen LogP contribution < -0.4 is 5.32 Å². The molecule has 2 atom stereocenters. The van der Waals surface area contributed by atoms with E-state index in [4.69, 9.17) is 9.47 Å². The second-order valence-corrected chi connectivity index (χ2v) is 7.20. The molecular weight excluding hydrogens is 318 g/mol. The predicted octanol–water partition coefficient (Wildman–Crippen LogP) is 2.17. The zero-order valence-electron chi connectivity index (χ0n) is 15.5. The van der Waals surface area contributed by atoms with Crippen LogP contribution >= 0.6 is 0 Å². The fourth-order valence-corrected chi connectivity index (χ4v) is 3.58. The van der Waals surface area contributed by atoms with Gasteiger partial charge in [0.2, 0.25) is 0 Å². The standard InChI is InChI=1S/C19H29N3O3/c1-13(2)8-11-25-17-12-24-10-9-16(17)20-19(23)18-14-6-4-5-7-15(14)21-22(18)3/h8,16-17H,4-7,9-12H2,1-3H3,(H,20,23)/t16-,17-/m1/s1. The van der Waals surface area contributed by atoms with Crippen LogP contribution in [0.3, 0.4) is 0 Å². The van der Waals surface area contributed by atoms with Gasteiger partial charge in [0.1, 0.15) is 11.8 Å². The van der Waals surface area contributed by atoms with Crippen molar-refractivity contribution in [2.24, 2.45) is 7.05 Å². The highest BCUT2D eigenvalue weighted by atomic mass is 16.5. The molecule has 0 aromatic carbocycles. The molecule has 1 aromatic heterocycles. The van der Waals surface area contributed by atoms with E-state index in [2.05, 4.69) is 10.4 Å². The van der Waals surface area contributed by atoms with Gasteiger partial charge in [-0.25, -0.2) is 0 Å². The maximum Gasteiger partial charge on any atom is 0.270 e. The highest BCUT2D eigenvalue weighted by Gasteiger charge is 2.31. The number of hydrogen-bond acceptors (Lipinski definition) is 4. The van der Waals surface area contributed by atoms with Crippen LogP contribution in [0, 0.1) is 0 Å². The Morgan fingerprint density at radius 3 is 3.00 bits per heavy atom. The molecule has 1 amide bonds. The summed E-state index contributed by atoms with van der Waals surface area (Å²) in [6.45, 7) is 5.81. The second kappa shape index (κ2) is 8.15. The van der Waals surface area contributed by atoms with E-state index in [0.29, 0.717) is 25.5 Å². The topological polar surface area (TPSA) is 65.4 Å². The zero-order chi connectivity index (χ0) is 17.8. The van der Waals surface area contributed by atoms with Gasteiger partial charge in [-0.05, 0) is 46.0 Å². The van der Waals surface area contributed by atoms with Crippen LogP contribution in [-0.2, 0) is 29.4 Å². The molecule has 1 aliphatic heterocycles. The molecule has 2 aliphatic rings.